The maximum Gasteiger partial charge on any atom is 0.255 e. The molecule has 2 rings (SSSR count). The van der Waals surface area contributed by atoms with E-state index in [1.807, 2.05) is 38.1 Å². The van der Waals surface area contributed by atoms with Gasteiger partial charge < -0.3 is 5.32 Å². The van der Waals surface area contributed by atoms with Crippen LogP contribution in [0.15, 0.2) is 40.9 Å². The quantitative estimate of drug-likeness (QED) is 0.823. The van der Waals surface area contributed by atoms with E-state index < -0.39 is 0 Å². The van der Waals surface area contributed by atoms with Gasteiger partial charge in [0.15, 0.2) is 0 Å². The van der Waals surface area contributed by atoms with E-state index in [0.717, 1.165) is 21.3 Å². The third-order valence-corrected chi connectivity index (χ3v) is 3.98. The zero-order valence-corrected chi connectivity index (χ0v) is 13.0. The number of amides is 1. The molecule has 4 heteroatoms. The molecule has 0 aromatic heterocycles. The predicted molar refractivity (Wildman–Crippen MR) is 83.0 cm³/mol. The molecule has 0 aliphatic rings. The van der Waals surface area contributed by atoms with E-state index >= 15 is 0 Å². The van der Waals surface area contributed by atoms with E-state index in [2.05, 4.69) is 21.2 Å². The van der Waals surface area contributed by atoms with Gasteiger partial charge in [-0.2, -0.15) is 0 Å². The van der Waals surface area contributed by atoms with Crippen LogP contribution < -0.4 is 5.32 Å². The van der Waals surface area contributed by atoms with E-state index in [0.29, 0.717) is 10.6 Å². The van der Waals surface area contributed by atoms with Crippen LogP contribution in [-0.4, -0.2) is 5.91 Å². The Balaban J connectivity index is 2.25. The third kappa shape index (κ3) is 3.37. The monoisotopic (exact) mass is 337 g/mol. The van der Waals surface area contributed by atoms with Crippen molar-refractivity contribution in [2.45, 2.75) is 13.8 Å². The minimum Gasteiger partial charge on any atom is -0.322 e. The van der Waals surface area contributed by atoms with Crippen LogP contribution in [0.3, 0.4) is 0 Å². The molecule has 0 heterocycles. The van der Waals surface area contributed by atoms with Gasteiger partial charge in [-0.3, -0.25) is 4.79 Å². The first kappa shape index (κ1) is 14.1. The molecule has 19 heavy (non-hydrogen) atoms. The molecule has 0 saturated carbocycles. The van der Waals surface area contributed by atoms with Gasteiger partial charge in [0.2, 0.25) is 0 Å². The van der Waals surface area contributed by atoms with Crippen LogP contribution in [0.2, 0.25) is 5.02 Å². The third-order valence-electron chi connectivity index (χ3n) is 2.86. The number of carbonyl (C=O) groups excluding carboxylic acids is 1. The number of hydrogen-bond donors (Lipinski definition) is 1. The highest BCUT2D eigenvalue weighted by molar-refractivity contribution is 9.10. The molecule has 2 aromatic rings. The number of nitrogens with one attached hydrogen (secondary N) is 1. The van der Waals surface area contributed by atoms with Crippen LogP contribution in [-0.2, 0) is 0 Å². The lowest BCUT2D eigenvalue weighted by Crippen LogP contribution is -2.13. The largest absolute Gasteiger partial charge is 0.322 e. The Morgan fingerprint density at radius 1 is 1.11 bits per heavy atom. The molecular formula is C15H13BrClNO. The van der Waals surface area contributed by atoms with Gasteiger partial charge in [0.05, 0.1) is 0 Å². The molecule has 0 bridgehead atoms. The van der Waals surface area contributed by atoms with Crippen LogP contribution in [0.4, 0.5) is 5.69 Å². The van der Waals surface area contributed by atoms with Gasteiger partial charge in [0.25, 0.3) is 5.91 Å². The molecule has 2 nitrogen and oxygen atoms in total. The second kappa shape index (κ2) is 5.76. The minimum atomic E-state index is -0.151. The molecule has 0 spiro atoms. The number of hydrogen-bond acceptors (Lipinski definition) is 1. The van der Waals surface area contributed by atoms with E-state index in [1.165, 1.54) is 0 Å². The first-order valence-electron chi connectivity index (χ1n) is 5.81. The van der Waals surface area contributed by atoms with Crippen molar-refractivity contribution in [1.82, 2.24) is 0 Å². The number of rotatable bonds is 2. The van der Waals surface area contributed by atoms with Gasteiger partial charge in [-0.25, -0.2) is 0 Å². The van der Waals surface area contributed by atoms with Gasteiger partial charge in [-0.05, 0) is 55.3 Å². The van der Waals surface area contributed by atoms with E-state index in [4.69, 9.17) is 11.6 Å². The topological polar surface area (TPSA) is 29.1 Å². The van der Waals surface area contributed by atoms with Gasteiger partial charge >= 0.3 is 0 Å². The summed E-state index contributed by atoms with van der Waals surface area (Å²) < 4.78 is 1.02. The second-order valence-electron chi connectivity index (χ2n) is 4.38. The fourth-order valence-corrected chi connectivity index (χ4v) is 2.18. The van der Waals surface area contributed by atoms with E-state index in [9.17, 15) is 4.79 Å². The molecular weight excluding hydrogens is 326 g/mol. The average molecular weight is 339 g/mol. The zero-order valence-electron chi connectivity index (χ0n) is 10.6. The van der Waals surface area contributed by atoms with Gasteiger partial charge in [-0.1, -0.05) is 33.6 Å². The normalized spacial score (nSPS) is 10.3. The molecule has 1 amide bonds. The summed E-state index contributed by atoms with van der Waals surface area (Å²) in [5.41, 5.74) is 3.33. The summed E-state index contributed by atoms with van der Waals surface area (Å²) in [5, 5.41) is 3.43. The highest BCUT2D eigenvalue weighted by atomic mass is 79.9. The first-order valence-corrected chi connectivity index (χ1v) is 6.98. The average Bonchev–Trinajstić information content (AvgIpc) is 2.36. The first-order chi connectivity index (χ1) is 8.97. The molecule has 1 N–H and O–H groups in total. The number of aryl methyl sites for hydroxylation is 2. The molecule has 0 radical (unpaired) electrons. The molecule has 98 valence electrons. The van der Waals surface area contributed by atoms with Crippen molar-refractivity contribution in [3.63, 3.8) is 0 Å². The fourth-order valence-electron chi connectivity index (χ4n) is 1.76. The summed E-state index contributed by atoms with van der Waals surface area (Å²) in [6.07, 6.45) is 0. The maximum atomic E-state index is 12.2. The number of anilines is 1. The molecule has 0 unspecified atom stereocenters. The summed E-state index contributed by atoms with van der Waals surface area (Å²) in [4.78, 5) is 12.2. The molecule has 0 saturated heterocycles. The zero-order chi connectivity index (χ0) is 14.0. The lowest BCUT2D eigenvalue weighted by molar-refractivity contribution is 0.102. The Hall–Kier alpha value is -1.32. The summed E-state index contributed by atoms with van der Waals surface area (Å²) in [7, 11) is 0. The van der Waals surface area contributed by atoms with Crippen LogP contribution >= 0.6 is 27.5 Å². The van der Waals surface area contributed by atoms with Crippen molar-refractivity contribution >= 4 is 39.1 Å². The van der Waals surface area contributed by atoms with Gasteiger partial charge in [0, 0.05) is 20.7 Å². The Morgan fingerprint density at radius 2 is 1.84 bits per heavy atom. The number of carbonyl (C=O) groups is 1. The van der Waals surface area contributed by atoms with Gasteiger partial charge in [-0.15, -0.1) is 0 Å². The second-order valence-corrected chi connectivity index (χ2v) is 5.67. The predicted octanol–water partition coefficient (Wildman–Crippen LogP) is 4.97. The fraction of sp³-hybridized carbons (Fsp3) is 0.133. The molecule has 0 atom stereocenters. The summed E-state index contributed by atoms with van der Waals surface area (Å²) in [6.45, 7) is 3.86. The van der Waals surface area contributed by atoms with Crippen molar-refractivity contribution < 1.29 is 4.79 Å². The van der Waals surface area contributed by atoms with Crippen molar-refractivity contribution in [2.24, 2.45) is 0 Å². The summed E-state index contributed by atoms with van der Waals surface area (Å²) in [6, 6.07) is 11.0. The summed E-state index contributed by atoms with van der Waals surface area (Å²) in [5.74, 6) is -0.151. The van der Waals surface area contributed by atoms with Crippen LogP contribution in [0.5, 0.6) is 0 Å². The van der Waals surface area contributed by atoms with E-state index in [-0.39, 0.29) is 5.91 Å². The Bertz CT molecular complexity index is 640. The molecule has 0 aliphatic carbocycles. The Kier molecular flexibility index (Phi) is 4.27. The van der Waals surface area contributed by atoms with E-state index in [1.54, 1.807) is 12.1 Å². The Labute approximate surface area is 125 Å². The van der Waals surface area contributed by atoms with Crippen molar-refractivity contribution in [2.75, 3.05) is 5.32 Å². The molecule has 2 aromatic carbocycles. The van der Waals surface area contributed by atoms with Crippen LogP contribution in [0, 0.1) is 13.8 Å². The van der Waals surface area contributed by atoms with Crippen LogP contribution in [0.25, 0.3) is 0 Å². The maximum absolute atomic E-state index is 12.2. The lowest BCUT2D eigenvalue weighted by atomic mass is 10.1. The number of halogens is 2. The highest BCUT2D eigenvalue weighted by Gasteiger charge is 2.10. The SMILES string of the molecule is Cc1cc(NC(=O)c2cc(Cl)ccc2C)ccc1Br. The van der Waals surface area contributed by atoms with Crippen molar-refractivity contribution in [1.29, 1.82) is 0 Å². The van der Waals surface area contributed by atoms with Gasteiger partial charge in [0.1, 0.15) is 0 Å². The molecule has 0 fully saturated rings. The molecule has 0 aliphatic heterocycles. The lowest BCUT2D eigenvalue weighted by Gasteiger charge is -2.09. The summed E-state index contributed by atoms with van der Waals surface area (Å²) >= 11 is 9.36. The minimum absolute atomic E-state index is 0.151. The number of benzene rings is 2. The highest BCUT2D eigenvalue weighted by Crippen LogP contribution is 2.21. The Morgan fingerprint density at radius 3 is 2.53 bits per heavy atom. The smallest absolute Gasteiger partial charge is 0.255 e. The van der Waals surface area contributed by atoms with Crippen molar-refractivity contribution in [3.05, 3.63) is 62.6 Å². The van der Waals surface area contributed by atoms with Crippen molar-refractivity contribution in [3.8, 4) is 0 Å². The van der Waals surface area contributed by atoms with Crippen LogP contribution in [0.1, 0.15) is 21.5 Å². The standard InChI is InChI=1S/C15H13BrClNO/c1-9-3-4-11(17)8-13(9)15(19)18-12-5-6-14(16)10(2)7-12/h3-8H,1-2H3,(H,18,19).